The van der Waals surface area contributed by atoms with Gasteiger partial charge in [0, 0.05) is 4.88 Å². The van der Waals surface area contributed by atoms with Crippen molar-refractivity contribution in [2.24, 2.45) is 0 Å². The third-order valence-corrected chi connectivity index (χ3v) is 6.37. The lowest BCUT2D eigenvalue weighted by molar-refractivity contribution is -0.122. The number of aryl methyl sites for hydroxylation is 2. The van der Waals surface area contributed by atoms with E-state index in [9.17, 15) is 9.59 Å². The van der Waals surface area contributed by atoms with Crippen molar-refractivity contribution in [3.8, 4) is 5.75 Å². The Morgan fingerprint density at radius 2 is 1.83 bits per heavy atom. The molecule has 0 bridgehead atoms. The van der Waals surface area contributed by atoms with Crippen LogP contribution in [-0.4, -0.2) is 24.6 Å². The molecule has 1 unspecified atom stereocenters. The smallest absolute Gasteiger partial charge is 0.341 e. The molecule has 1 atom stereocenters. The number of nitrogens with one attached hydrogen (secondary N) is 1. The number of hydrogen-bond acceptors (Lipinski definition) is 5. The maximum atomic E-state index is 12.9. The predicted octanol–water partition coefficient (Wildman–Crippen LogP) is 5.16. The van der Waals surface area contributed by atoms with E-state index in [1.54, 1.807) is 6.92 Å². The van der Waals surface area contributed by atoms with Crippen LogP contribution >= 0.6 is 11.3 Å². The van der Waals surface area contributed by atoms with E-state index in [-0.39, 0.29) is 11.9 Å². The van der Waals surface area contributed by atoms with Crippen LogP contribution in [0.2, 0.25) is 0 Å². The summed E-state index contributed by atoms with van der Waals surface area (Å²) < 4.78 is 11.2. The van der Waals surface area contributed by atoms with E-state index in [1.807, 2.05) is 31.2 Å². The summed E-state index contributed by atoms with van der Waals surface area (Å²) in [4.78, 5) is 26.7. The van der Waals surface area contributed by atoms with Crippen LogP contribution in [0, 0.1) is 0 Å². The van der Waals surface area contributed by atoms with Crippen LogP contribution in [-0.2, 0) is 28.8 Å². The van der Waals surface area contributed by atoms with E-state index in [0.29, 0.717) is 29.3 Å². The van der Waals surface area contributed by atoms with Gasteiger partial charge in [-0.2, -0.15) is 0 Å². The fourth-order valence-electron chi connectivity index (χ4n) is 3.56. The lowest BCUT2D eigenvalue weighted by Gasteiger charge is -2.17. The van der Waals surface area contributed by atoms with E-state index in [1.165, 1.54) is 21.8 Å². The Bertz CT molecular complexity index is 857. The average Bonchev–Trinajstić information content (AvgIpc) is 3.10. The summed E-state index contributed by atoms with van der Waals surface area (Å²) in [5.41, 5.74) is 2.79. The third-order valence-electron chi connectivity index (χ3n) is 5.16. The Kier molecular flexibility index (Phi) is 7.31. The van der Waals surface area contributed by atoms with Gasteiger partial charge in [-0.15, -0.1) is 11.3 Å². The molecule has 0 saturated carbocycles. The molecule has 0 saturated heterocycles. The van der Waals surface area contributed by atoms with Crippen molar-refractivity contribution in [1.29, 1.82) is 0 Å². The maximum absolute atomic E-state index is 12.9. The molecular weight excluding hydrogens is 386 g/mol. The predicted molar refractivity (Wildman–Crippen MR) is 116 cm³/mol. The van der Waals surface area contributed by atoms with Crippen LogP contribution in [0.3, 0.4) is 0 Å². The molecule has 1 N–H and O–H groups in total. The topological polar surface area (TPSA) is 64.6 Å². The Balaban J connectivity index is 1.78. The molecule has 29 heavy (non-hydrogen) atoms. The molecule has 6 heteroatoms. The first-order valence-corrected chi connectivity index (χ1v) is 11.3. The maximum Gasteiger partial charge on any atom is 0.341 e. The molecular formula is C23H29NO4S. The summed E-state index contributed by atoms with van der Waals surface area (Å²) in [6, 6.07) is 7.80. The summed E-state index contributed by atoms with van der Waals surface area (Å²) >= 11 is 1.50. The van der Waals surface area contributed by atoms with Crippen molar-refractivity contribution in [3.05, 3.63) is 45.8 Å². The van der Waals surface area contributed by atoms with Crippen molar-refractivity contribution in [1.82, 2.24) is 0 Å². The normalized spacial score (nSPS) is 14.0. The van der Waals surface area contributed by atoms with E-state index in [4.69, 9.17) is 9.47 Å². The minimum Gasteiger partial charge on any atom is -0.481 e. The minimum atomic E-state index is -0.628. The zero-order valence-electron chi connectivity index (χ0n) is 17.4. The largest absolute Gasteiger partial charge is 0.481 e. The number of thiophene rings is 1. The molecule has 2 aromatic rings. The van der Waals surface area contributed by atoms with Crippen LogP contribution in [0.5, 0.6) is 5.75 Å². The first-order valence-electron chi connectivity index (χ1n) is 10.4. The molecule has 156 valence electrons. The lowest BCUT2D eigenvalue weighted by atomic mass is 9.95. The lowest BCUT2D eigenvalue weighted by Crippen LogP contribution is -2.32. The van der Waals surface area contributed by atoms with Crippen LogP contribution in [0.1, 0.15) is 66.4 Å². The van der Waals surface area contributed by atoms with Crippen molar-refractivity contribution in [2.75, 3.05) is 11.9 Å². The zero-order valence-corrected chi connectivity index (χ0v) is 18.2. The first-order chi connectivity index (χ1) is 14.1. The monoisotopic (exact) mass is 415 g/mol. The molecule has 1 amide bonds. The van der Waals surface area contributed by atoms with Gasteiger partial charge >= 0.3 is 5.97 Å². The Hall–Kier alpha value is -2.34. The highest BCUT2D eigenvalue weighted by atomic mass is 32.1. The number of fused-ring (bicyclic) bond motifs is 1. The highest BCUT2D eigenvalue weighted by Gasteiger charge is 2.29. The highest BCUT2D eigenvalue weighted by molar-refractivity contribution is 7.17. The van der Waals surface area contributed by atoms with Crippen molar-refractivity contribution >= 4 is 28.2 Å². The number of ether oxygens (including phenoxy) is 2. The van der Waals surface area contributed by atoms with Crippen molar-refractivity contribution in [3.63, 3.8) is 0 Å². The first kappa shape index (κ1) is 21.4. The summed E-state index contributed by atoms with van der Waals surface area (Å²) in [5, 5.41) is 3.54. The van der Waals surface area contributed by atoms with E-state index >= 15 is 0 Å². The quantitative estimate of drug-likeness (QED) is 0.605. The summed E-state index contributed by atoms with van der Waals surface area (Å²) in [6.07, 6.45) is 4.82. The summed E-state index contributed by atoms with van der Waals surface area (Å²) in [5.74, 6) is 0.0721. The van der Waals surface area contributed by atoms with Gasteiger partial charge in [0.05, 0.1) is 12.2 Å². The number of carbonyl (C=O) groups excluding carboxylic acids is 2. The highest BCUT2D eigenvalue weighted by Crippen LogP contribution is 2.38. The number of carbonyl (C=O) groups is 2. The van der Waals surface area contributed by atoms with E-state index in [0.717, 1.165) is 37.7 Å². The van der Waals surface area contributed by atoms with Gasteiger partial charge in [-0.3, -0.25) is 4.79 Å². The Morgan fingerprint density at radius 1 is 1.10 bits per heavy atom. The molecule has 1 aromatic carbocycles. The summed E-state index contributed by atoms with van der Waals surface area (Å²) in [7, 11) is 0. The fraction of sp³-hybridized carbons (Fsp3) is 0.478. The van der Waals surface area contributed by atoms with Crippen LogP contribution in [0.4, 0.5) is 5.00 Å². The van der Waals surface area contributed by atoms with Crippen molar-refractivity contribution in [2.45, 2.75) is 65.4 Å². The Morgan fingerprint density at radius 3 is 2.48 bits per heavy atom. The SMILES string of the molecule is CCOC(=O)c1c(NC(=O)C(CC)Oc2ccc(CC)cc2)sc2c1CCCC2. The van der Waals surface area contributed by atoms with Gasteiger partial charge in [0.2, 0.25) is 0 Å². The molecule has 1 aromatic heterocycles. The van der Waals surface area contributed by atoms with Gasteiger partial charge < -0.3 is 14.8 Å². The molecule has 0 fully saturated rings. The third kappa shape index (κ3) is 4.99. The second-order valence-electron chi connectivity index (χ2n) is 7.14. The molecule has 1 aliphatic carbocycles. The molecule has 5 nitrogen and oxygen atoms in total. The minimum absolute atomic E-state index is 0.240. The second kappa shape index (κ2) is 9.92. The molecule has 0 spiro atoms. The number of amides is 1. The molecule has 1 heterocycles. The number of rotatable bonds is 8. The Labute approximate surface area is 176 Å². The molecule has 1 aliphatic rings. The fourth-order valence-corrected chi connectivity index (χ4v) is 4.84. The number of hydrogen-bond donors (Lipinski definition) is 1. The van der Waals surface area contributed by atoms with Gasteiger partial charge in [-0.05, 0) is 68.7 Å². The standard InChI is InChI=1S/C23H29NO4S/c1-4-15-11-13-16(14-12-15)28-18(5-2)21(25)24-22-20(23(26)27-6-3)17-9-7-8-10-19(17)29-22/h11-14,18H,4-10H2,1-3H3,(H,24,25). The number of benzene rings is 1. The van der Waals surface area contributed by atoms with Crippen LogP contribution < -0.4 is 10.1 Å². The van der Waals surface area contributed by atoms with Crippen LogP contribution in [0.25, 0.3) is 0 Å². The van der Waals surface area contributed by atoms with Gasteiger partial charge in [-0.1, -0.05) is 26.0 Å². The number of anilines is 1. The average molecular weight is 416 g/mol. The number of esters is 1. The second-order valence-corrected chi connectivity index (χ2v) is 8.24. The van der Waals surface area contributed by atoms with Gasteiger partial charge in [0.1, 0.15) is 10.8 Å². The van der Waals surface area contributed by atoms with Gasteiger partial charge in [0.15, 0.2) is 6.10 Å². The molecule has 3 rings (SSSR count). The van der Waals surface area contributed by atoms with E-state index in [2.05, 4.69) is 12.2 Å². The van der Waals surface area contributed by atoms with Crippen LogP contribution in [0.15, 0.2) is 24.3 Å². The van der Waals surface area contributed by atoms with Crippen molar-refractivity contribution < 1.29 is 19.1 Å². The molecule has 0 radical (unpaired) electrons. The zero-order chi connectivity index (χ0) is 20.8. The van der Waals surface area contributed by atoms with Gasteiger partial charge in [-0.25, -0.2) is 4.79 Å². The van der Waals surface area contributed by atoms with E-state index < -0.39 is 6.10 Å². The van der Waals surface area contributed by atoms with Gasteiger partial charge in [0.25, 0.3) is 5.91 Å². The summed E-state index contributed by atoms with van der Waals surface area (Å²) in [6.45, 7) is 6.11. The molecule has 0 aliphatic heterocycles.